The van der Waals surface area contributed by atoms with Gasteiger partial charge in [0.2, 0.25) is 0 Å². The van der Waals surface area contributed by atoms with Gasteiger partial charge in [0, 0.05) is 0 Å². The van der Waals surface area contributed by atoms with Crippen LogP contribution in [0.1, 0.15) is 63.8 Å². The molecule has 302 valence electrons. The van der Waals surface area contributed by atoms with E-state index in [0.29, 0.717) is 6.61 Å². The topological polar surface area (TPSA) is 64.6 Å². The Morgan fingerprint density at radius 2 is 1.09 bits per heavy atom. The maximum atomic E-state index is 7.57. The van der Waals surface area contributed by atoms with Crippen molar-refractivity contribution in [2.45, 2.75) is 102 Å². The molecule has 7 nitrogen and oxygen atoms in total. The van der Waals surface area contributed by atoms with Crippen LogP contribution in [0.3, 0.4) is 0 Å². The van der Waals surface area contributed by atoms with Crippen LogP contribution in [0.4, 0.5) is 0 Å². The second kappa shape index (κ2) is 19.5. The van der Waals surface area contributed by atoms with Gasteiger partial charge in [-0.2, -0.15) is 0 Å². The van der Waals surface area contributed by atoms with Gasteiger partial charge < -0.3 is 32.5 Å². The Kier molecular flexibility index (Phi) is 15.6. The van der Waals surface area contributed by atoms with E-state index in [2.05, 4.69) is 97.0 Å². The van der Waals surface area contributed by atoms with Crippen LogP contribution in [-0.4, -0.2) is 62.9 Å². The minimum Gasteiger partial charge on any atom is -0.497 e. The van der Waals surface area contributed by atoms with Gasteiger partial charge in [0.25, 0.3) is 0 Å². The van der Waals surface area contributed by atoms with Gasteiger partial charge in [0.05, 0.1) is 41.2 Å². The highest BCUT2D eigenvalue weighted by molar-refractivity contribution is 6.74. The molecule has 0 aromatic heterocycles. The van der Waals surface area contributed by atoms with Gasteiger partial charge in [-0.25, -0.2) is 0 Å². The van der Waals surface area contributed by atoms with Gasteiger partial charge in [-0.3, -0.25) is 0 Å². The maximum absolute atomic E-state index is 7.57. The fourth-order valence-electron chi connectivity index (χ4n) is 6.73. The number of benzene rings is 4. The number of hydrogen-bond donors (Lipinski definition) is 0. The summed E-state index contributed by atoms with van der Waals surface area (Å²) < 4.78 is 45.7. The molecule has 0 spiro atoms. The second-order valence-electron chi connectivity index (χ2n) is 15.9. The van der Waals surface area contributed by atoms with E-state index in [4.69, 9.17) is 39.0 Å². The molecule has 9 heteroatoms. The van der Waals surface area contributed by atoms with Crippen molar-refractivity contribution in [2.75, 3.05) is 34.5 Å². The third-order valence-corrected chi connectivity index (χ3v) is 20.9. The lowest BCUT2D eigenvalue weighted by Gasteiger charge is -2.47. The normalized spacial score (nSPS) is 14.0. The highest BCUT2D eigenvalue weighted by Crippen LogP contribution is 2.44. The lowest BCUT2D eigenvalue weighted by atomic mass is 9.79. The Morgan fingerprint density at radius 1 is 0.643 bits per heavy atom. The smallest absolute Gasteiger partial charge is 0.194 e. The fourth-order valence-corrected chi connectivity index (χ4v) is 10.7. The Bertz CT molecular complexity index is 1750. The lowest BCUT2D eigenvalue weighted by molar-refractivity contribution is -0.140. The molecule has 0 N–H and O–H groups in total. The van der Waals surface area contributed by atoms with Crippen molar-refractivity contribution in [3.63, 3.8) is 0 Å². The monoisotopic (exact) mass is 796 g/mol. The standard InChI is InChI=1S/C47H64O7Si2/c1-13-46(54-56(14-2,15-3)16-4,44(35-53-55(11,12)45(5,6)7)51-34-37-22-28-41(48-8)29-23-37)36-52-47(38-20-18-17-19-21-38,39-24-30-42(49-9)31-25-39)40-26-32-43(50-10)33-27-40/h1,17-33,44H,14-16,34-36H2,2-12H3/t44-,46-/m0/s1. The van der Waals surface area contributed by atoms with Gasteiger partial charge in [-0.1, -0.05) is 114 Å². The molecule has 0 radical (unpaired) electrons. The van der Waals surface area contributed by atoms with Crippen LogP contribution in [0.15, 0.2) is 103 Å². The molecule has 0 amide bonds. The molecule has 56 heavy (non-hydrogen) atoms. The summed E-state index contributed by atoms with van der Waals surface area (Å²) in [4.78, 5) is 0. The highest BCUT2D eigenvalue weighted by Gasteiger charge is 2.50. The van der Waals surface area contributed by atoms with E-state index in [1.54, 1.807) is 21.3 Å². The Labute approximate surface area is 339 Å². The van der Waals surface area contributed by atoms with Crippen LogP contribution in [0.25, 0.3) is 0 Å². The maximum Gasteiger partial charge on any atom is 0.194 e. The van der Waals surface area contributed by atoms with Crippen LogP contribution in [0, 0.1) is 12.3 Å². The van der Waals surface area contributed by atoms with Crippen molar-refractivity contribution in [3.8, 4) is 29.6 Å². The molecule has 0 aliphatic carbocycles. The molecule has 0 heterocycles. The summed E-state index contributed by atoms with van der Waals surface area (Å²) in [6.07, 6.45) is 6.15. The highest BCUT2D eigenvalue weighted by atomic mass is 28.4. The molecule has 0 saturated carbocycles. The first-order chi connectivity index (χ1) is 26.7. The number of methoxy groups -OCH3 is 3. The van der Waals surface area contributed by atoms with Crippen molar-refractivity contribution in [3.05, 3.63) is 125 Å². The zero-order valence-electron chi connectivity index (χ0n) is 35.6. The average Bonchev–Trinajstić information content (AvgIpc) is 3.23. The quantitative estimate of drug-likeness (QED) is 0.0473. The fraction of sp³-hybridized carbons (Fsp3) is 0.447. The largest absolute Gasteiger partial charge is 0.497 e. The first kappa shape index (κ1) is 44.8. The van der Waals surface area contributed by atoms with E-state index in [-0.39, 0.29) is 18.3 Å². The lowest BCUT2D eigenvalue weighted by Crippen LogP contribution is -2.59. The summed E-state index contributed by atoms with van der Waals surface area (Å²) >= 11 is 0. The van der Waals surface area contributed by atoms with E-state index in [9.17, 15) is 0 Å². The van der Waals surface area contributed by atoms with Crippen molar-refractivity contribution < 1.29 is 32.5 Å². The second-order valence-corrected chi connectivity index (χ2v) is 25.4. The first-order valence-corrected chi connectivity index (χ1v) is 25.2. The predicted octanol–water partition coefficient (Wildman–Crippen LogP) is 11.0. The SMILES string of the molecule is C#C[C@@](COC(c1ccccc1)(c1ccc(OC)cc1)c1ccc(OC)cc1)(O[Si](CC)(CC)CC)[C@H](CO[Si](C)(C)C(C)(C)C)OCc1ccc(OC)cc1. The van der Waals surface area contributed by atoms with Crippen molar-refractivity contribution in [2.24, 2.45) is 0 Å². The zero-order chi connectivity index (χ0) is 41.0. The molecule has 0 aliphatic rings. The van der Waals surface area contributed by atoms with Gasteiger partial charge in [-0.05, 0) is 94.9 Å². The molecule has 4 aromatic rings. The molecule has 0 aliphatic heterocycles. The van der Waals surface area contributed by atoms with Crippen LogP contribution < -0.4 is 14.2 Å². The van der Waals surface area contributed by atoms with E-state index >= 15 is 0 Å². The van der Waals surface area contributed by atoms with Crippen molar-refractivity contribution in [1.29, 1.82) is 0 Å². The number of rotatable bonds is 21. The van der Waals surface area contributed by atoms with Gasteiger partial charge in [0.15, 0.2) is 22.2 Å². The van der Waals surface area contributed by atoms with Crippen LogP contribution in [0.5, 0.6) is 17.2 Å². The molecule has 0 saturated heterocycles. The number of terminal acetylenes is 1. The van der Waals surface area contributed by atoms with Crippen LogP contribution in [0.2, 0.25) is 36.3 Å². The van der Waals surface area contributed by atoms with Crippen LogP contribution in [-0.2, 0) is 30.5 Å². The molecule has 0 bridgehead atoms. The average molecular weight is 797 g/mol. The molecule has 0 unspecified atom stereocenters. The minimum atomic E-state index is -2.42. The van der Waals surface area contributed by atoms with E-state index < -0.39 is 33.9 Å². The van der Waals surface area contributed by atoms with E-state index in [1.165, 1.54) is 0 Å². The van der Waals surface area contributed by atoms with Crippen molar-refractivity contribution >= 4 is 16.6 Å². The summed E-state index contributed by atoms with van der Waals surface area (Å²) in [5.74, 6) is 5.47. The summed E-state index contributed by atoms with van der Waals surface area (Å²) in [5.41, 5.74) is 1.26. The van der Waals surface area contributed by atoms with Crippen LogP contribution >= 0.6 is 0 Å². The third-order valence-electron chi connectivity index (χ3n) is 11.8. The molecular formula is C47H64O7Si2. The molecule has 4 rings (SSSR count). The van der Waals surface area contributed by atoms with E-state index in [0.717, 1.165) is 57.6 Å². The molecule has 4 aromatic carbocycles. The third kappa shape index (κ3) is 10.2. The van der Waals surface area contributed by atoms with E-state index in [1.807, 2.05) is 66.7 Å². The summed E-state index contributed by atoms with van der Waals surface area (Å²) in [6.45, 7) is 18.4. The summed E-state index contributed by atoms with van der Waals surface area (Å²) in [7, 11) is 0.303. The summed E-state index contributed by atoms with van der Waals surface area (Å²) in [6, 6.07) is 36.9. The van der Waals surface area contributed by atoms with Crippen molar-refractivity contribution in [1.82, 2.24) is 0 Å². The Balaban J connectivity index is 1.97. The van der Waals surface area contributed by atoms with Gasteiger partial charge in [0.1, 0.15) is 29.0 Å². The number of hydrogen-bond acceptors (Lipinski definition) is 7. The van der Waals surface area contributed by atoms with Gasteiger partial charge in [-0.15, -0.1) is 6.42 Å². The minimum absolute atomic E-state index is 0.0132. The number of ether oxygens (including phenoxy) is 5. The predicted molar refractivity (Wildman–Crippen MR) is 233 cm³/mol. The first-order valence-electron chi connectivity index (χ1n) is 19.8. The molecular weight excluding hydrogens is 733 g/mol. The summed E-state index contributed by atoms with van der Waals surface area (Å²) in [5, 5.41) is -0.0380. The van der Waals surface area contributed by atoms with Gasteiger partial charge >= 0.3 is 0 Å². The zero-order valence-corrected chi connectivity index (χ0v) is 37.6. The Hall–Kier alpha value is -3.89. The molecule has 0 fully saturated rings. The Morgan fingerprint density at radius 3 is 1.50 bits per heavy atom. The molecule has 2 atom stereocenters.